The van der Waals surface area contributed by atoms with Gasteiger partial charge in [-0.2, -0.15) is 5.10 Å². The van der Waals surface area contributed by atoms with E-state index in [4.69, 9.17) is 16.3 Å². The largest absolute Gasteiger partial charge is 0.464 e. The van der Waals surface area contributed by atoms with Crippen LogP contribution in [0, 0.1) is 0 Å². The normalized spacial score (nSPS) is 10.8. The minimum Gasteiger partial charge on any atom is -0.464 e. The zero-order valence-corrected chi connectivity index (χ0v) is 13.2. The van der Waals surface area contributed by atoms with Gasteiger partial charge in [0.05, 0.1) is 23.7 Å². The fourth-order valence-corrected chi connectivity index (χ4v) is 2.58. The first-order chi connectivity index (χ1) is 10.1. The Balaban J connectivity index is 2.33. The number of aromatic nitrogens is 3. The summed E-state index contributed by atoms with van der Waals surface area (Å²) >= 11 is 9.28. The van der Waals surface area contributed by atoms with E-state index in [-0.39, 0.29) is 0 Å². The van der Waals surface area contributed by atoms with Crippen molar-refractivity contribution in [1.82, 2.24) is 14.8 Å². The number of benzene rings is 1. The molecule has 0 aliphatic rings. The fourth-order valence-electron chi connectivity index (χ4n) is 2.05. The standard InChI is InChI=1S/C14H9BrClN3O2/c1-21-14(20)13-10-7-17-12(16)6-11(10)18-19(13)9-4-2-3-8(15)5-9/h2-7H,1H3. The van der Waals surface area contributed by atoms with E-state index in [1.165, 1.54) is 18.0 Å². The third-order valence-corrected chi connectivity index (χ3v) is 3.65. The van der Waals surface area contributed by atoms with Gasteiger partial charge in [-0.3, -0.25) is 0 Å². The number of nitrogens with zero attached hydrogens (tertiary/aromatic N) is 3. The molecular formula is C14H9BrClN3O2. The van der Waals surface area contributed by atoms with Crippen LogP contribution >= 0.6 is 27.5 Å². The molecule has 0 saturated carbocycles. The molecule has 1 aromatic carbocycles. The van der Waals surface area contributed by atoms with Gasteiger partial charge < -0.3 is 4.74 Å². The Morgan fingerprint density at radius 1 is 1.38 bits per heavy atom. The van der Waals surface area contributed by atoms with Crippen LogP contribution in [0.2, 0.25) is 5.15 Å². The number of rotatable bonds is 2. The molecule has 3 rings (SSSR count). The summed E-state index contributed by atoms with van der Waals surface area (Å²) in [6.07, 6.45) is 1.52. The lowest BCUT2D eigenvalue weighted by molar-refractivity contribution is 0.0592. The summed E-state index contributed by atoms with van der Waals surface area (Å²) < 4.78 is 7.26. The second kappa shape index (κ2) is 5.46. The van der Waals surface area contributed by atoms with Gasteiger partial charge in [0.15, 0.2) is 5.69 Å². The van der Waals surface area contributed by atoms with Gasteiger partial charge in [-0.05, 0) is 18.2 Å². The van der Waals surface area contributed by atoms with Crippen LogP contribution in [0.1, 0.15) is 10.5 Å². The van der Waals surface area contributed by atoms with Crippen molar-refractivity contribution >= 4 is 44.4 Å². The SMILES string of the molecule is COC(=O)c1c2cnc(Cl)cc2nn1-c1cccc(Br)c1. The van der Waals surface area contributed by atoms with Gasteiger partial charge in [-0.15, -0.1) is 0 Å². The molecular weight excluding hydrogens is 358 g/mol. The van der Waals surface area contributed by atoms with Crippen molar-refractivity contribution in [2.24, 2.45) is 0 Å². The quantitative estimate of drug-likeness (QED) is 0.513. The van der Waals surface area contributed by atoms with Crippen LogP contribution in [0.5, 0.6) is 0 Å². The molecule has 2 aromatic heterocycles. The van der Waals surface area contributed by atoms with Crippen molar-refractivity contribution < 1.29 is 9.53 Å². The topological polar surface area (TPSA) is 57.0 Å². The van der Waals surface area contributed by atoms with E-state index < -0.39 is 5.97 Å². The highest BCUT2D eigenvalue weighted by Crippen LogP contribution is 2.25. The third kappa shape index (κ3) is 2.52. The van der Waals surface area contributed by atoms with Crippen molar-refractivity contribution in [3.8, 4) is 5.69 Å². The highest BCUT2D eigenvalue weighted by atomic mass is 79.9. The molecule has 0 spiro atoms. The lowest BCUT2D eigenvalue weighted by Gasteiger charge is -2.06. The van der Waals surface area contributed by atoms with E-state index in [9.17, 15) is 4.79 Å². The number of pyridine rings is 1. The van der Waals surface area contributed by atoms with Crippen molar-refractivity contribution in [3.05, 3.63) is 51.8 Å². The highest BCUT2D eigenvalue weighted by molar-refractivity contribution is 9.10. The number of methoxy groups -OCH3 is 1. The van der Waals surface area contributed by atoms with Gasteiger partial charge in [0.2, 0.25) is 0 Å². The number of halogens is 2. The van der Waals surface area contributed by atoms with Crippen molar-refractivity contribution in [2.45, 2.75) is 0 Å². The minimum absolute atomic E-state index is 0.315. The zero-order chi connectivity index (χ0) is 15.0. The van der Waals surface area contributed by atoms with E-state index in [0.717, 1.165) is 10.2 Å². The maximum absolute atomic E-state index is 12.1. The molecule has 0 aliphatic heterocycles. The van der Waals surface area contributed by atoms with Gasteiger partial charge in [0, 0.05) is 16.7 Å². The Morgan fingerprint density at radius 3 is 2.90 bits per heavy atom. The summed E-state index contributed by atoms with van der Waals surface area (Å²) in [6, 6.07) is 9.06. The highest BCUT2D eigenvalue weighted by Gasteiger charge is 2.20. The molecule has 106 valence electrons. The van der Waals surface area contributed by atoms with E-state index in [0.29, 0.717) is 21.7 Å². The van der Waals surface area contributed by atoms with Crippen LogP contribution in [0.3, 0.4) is 0 Å². The smallest absolute Gasteiger partial charge is 0.357 e. The van der Waals surface area contributed by atoms with Gasteiger partial charge in [-0.1, -0.05) is 33.6 Å². The number of hydrogen-bond donors (Lipinski definition) is 0. The third-order valence-electron chi connectivity index (χ3n) is 2.95. The van der Waals surface area contributed by atoms with Crippen LogP contribution in [-0.4, -0.2) is 27.8 Å². The van der Waals surface area contributed by atoms with E-state index >= 15 is 0 Å². The second-order valence-electron chi connectivity index (χ2n) is 4.26. The van der Waals surface area contributed by atoms with Crippen LogP contribution in [0.15, 0.2) is 41.0 Å². The van der Waals surface area contributed by atoms with Crippen molar-refractivity contribution in [3.63, 3.8) is 0 Å². The number of carbonyl (C=O) groups is 1. The Kier molecular flexibility index (Phi) is 3.65. The maximum atomic E-state index is 12.1. The second-order valence-corrected chi connectivity index (χ2v) is 5.56. The number of carbonyl (C=O) groups excluding carboxylic acids is 1. The molecule has 0 N–H and O–H groups in total. The number of hydrogen-bond acceptors (Lipinski definition) is 4. The Labute approximate surface area is 133 Å². The molecule has 0 amide bonds. The van der Waals surface area contributed by atoms with Crippen LogP contribution in [-0.2, 0) is 4.74 Å². The van der Waals surface area contributed by atoms with E-state index in [1.54, 1.807) is 6.07 Å². The van der Waals surface area contributed by atoms with Crippen LogP contribution < -0.4 is 0 Å². The summed E-state index contributed by atoms with van der Waals surface area (Å²) in [5.41, 5.74) is 1.63. The average molecular weight is 367 g/mol. The molecule has 0 saturated heterocycles. The number of ether oxygens (including phenoxy) is 1. The fraction of sp³-hybridized carbons (Fsp3) is 0.0714. The molecule has 0 radical (unpaired) electrons. The summed E-state index contributed by atoms with van der Waals surface area (Å²) in [4.78, 5) is 16.1. The van der Waals surface area contributed by atoms with Crippen molar-refractivity contribution in [2.75, 3.05) is 7.11 Å². The van der Waals surface area contributed by atoms with E-state index in [1.807, 2.05) is 24.3 Å². The van der Waals surface area contributed by atoms with Gasteiger partial charge >= 0.3 is 5.97 Å². The summed E-state index contributed by atoms with van der Waals surface area (Å²) in [7, 11) is 1.33. The Morgan fingerprint density at radius 2 is 2.19 bits per heavy atom. The molecule has 7 heteroatoms. The predicted octanol–water partition coefficient (Wildman–Crippen LogP) is 3.62. The minimum atomic E-state index is -0.485. The number of fused-ring (bicyclic) bond motifs is 1. The van der Waals surface area contributed by atoms with Gasteiger partial charge in [-0.25, -0.2) is 14.5 Å². The first-order valence-corrected chi connectivity index (χ1v) is 7.16. The average Bonchev–Trinajstić information content (AvgIpc) is 2.84. The first kappa shape index (κ1) is 14.0. The first-order valence-electron chi connectivity index (χ1n) is 5.98. The van der Waals surface area contributed by atoms with Crippen molar-refractivity contribution in [1.29, 1.82) is 0 Å². The molecule has 0 bridgehead atoms. The summed E-state index contributed by atoms with van der Waals surface area (Å²) in [6.45, 7) is 0. The van der Waals surface area contributed by atoms with Crippen LogP contribution in [0.25, 0.3) is 16.6 Å². The number of esters is 1. The molecule has 0 fully saturated rings. The van der Waals surface area contributed by atoms with E-state index in [2.05, 4.69) is 26.0 Å². The lowest BCUT2D eigenvalue weighted by atomic mass is 10.2. The molecule has 3 aromatic rings. The molecule has 0 aliphatic carbocycles. The maximum Gasteiger partial charge on any atom is 0.357 e. The summed E-state index contributed by atoms with van der Waals surface area (Å²) in [5.74, 6) is -0.485. The molecule has 2 heterocycles. The zero-order valence-electron chi connectivity index (χ0n) is 10.9. The predicted molar refractivity (Wildman–Crippen MR) is 82.9 cm³/mol. The molecule has 5 nitrogen and oxygen atoms in total. The monoisotopic (exact) mass is 365 g/mol. The Bertz CT molecular complexity index is 847. The van der Waals surface area contributed by atoms with Gasteiger partial charge in [0.1, 0.15) is 5.15 Å². The Hall–Kier alpha value is -1.92. The molecule has 0 atom stereocenters. The molecule has 21 heavy (non-hydrogen) atoms. The lowest BCUT2D eigenvalue weighted by Crippen LogP contribution is -2.10. The van der Waals surface area contributed by atoms with Gasteiger partial charge in [0.25, 0.3) is 0 Å². The summed E-state index contributed by atoms with van der Waals surface area (Å²) in [5, 5.41) is 5.33. The van der Waals surface area contributed by atoms with Crippen LogP contribution in [0.4, 0.5) is 0 Å². The molecule has 0 unspecified atom stereocenters.